The van der Waals surface area contributed by atoms with E-state index in [0.717, 1.165) is 0 Å². The fraction of sp³-hybridized carbons (Fsp3) is 0.250. The number of aliphatic hydroxyl groups is 1. The molecule has 0 unspecified atom stereocenters. The van der Waals surface area contributed by atoms with Crippen molar-refractivity contribution in [2.45, 2.75) is 25.3 Å². The van der Waals surface area contributed by atoms with Crippen LogP contribution in [0.15, 0.2) is 23.1 Å². The summed E-state index contributed by atoms with van der Waals surface area (Å²) in [6, 6.07) is 3.74. The molecule has 0 saturated heterocycles. The molecular formula is C12H14FN3O3S. The van der Waals surface area contributed by atoms with E-state index in [1.54, 1.807) is 6.92 Å². The zero-order valence-corrected chi connectivity index (χ0v) is 11.8. The predicted molar refractivity (Wildman–Crippen MR) is 71.2 cm³/mol. The van der Waals surface area contributed by atoms with Crippen molar-refractivity contribution in [1.29, 1.82) is 0 Å². The number of H-pyrrole nitrogens is 1. The average molecular weight is 299 g/mol. The second-order valence-electron chi connectivity index (χ2n) is 4.35. The van der Waals surface area contributed by atoms with Crippen molar-refractivity contribution >= 4 is 15.7 Å². The first-order valence-corrected chi connectivity index (χ1v) is 7.27. The minimum Gasteiger partial charge on any atom is -0.390 e. The van der Waals surface area contributed by atoms with Crippen LogP contribution >= 0.6 is 0 Å². The minimum atomic E-state index is -3.90. The highest BCUT2D eigenvalue weighted by Crippen LogP contribution is 2.23. The highest BCUT2D eigenvalue weighted by Gasteiger charge is 2.24. The number of aromatic amines is 1. The van der Waals surface area contributed by atoms with Crippen LogP contribution in [0.5, 0.6) is 0 Å². The van der Waals surface area contributed by atoms with Gasteiger partial charge in [0.2, 0.25) is 0 Å². The zero-order chi connectivity index (χ0) is 14.9. The van der Waals surface area contributed by atoms with Crippen molar-refractivity contribution in [3.63, 3.8) is 0 Å². The number of hydrogen-bond donors (Lipinski definition) is 3. The lowest BCUT2D eigenvalue weighted by atomic mass is 10.2. The molecule has 6 nitrogen and oxygen atoms in total. The average Bonchev–Trinajstić information content (AvgIpc) is 2.75. The van der Waals surface area contributed by atoms with Crippen molar-refractivity contribution in [2.75, 3.05) is 4.72 Å². The molecule has 8 heteroatoms. The first-order valence-electron chi connectivity index (χ1n) is 5.79. The third-order valence-electron chi connectivity index (χ3n) is 2.81. The number of benzene rings is 1. The zero-order valence-electron chi connectivity index (χ0n) is 10.9. The topological polar surface area (TPSA) is 95.1 Å². The largest absolute Gasteiger partial charge is 0.390 e. The SMILES string of the molecule is Cc1cc(F)ccc1NS(=O)(=O)c1c(CO)n[nH]c1C. The number of aromatic nitrogens is 2. The number of nitrogens with zero attached hydrogens (tertiary/aromatic N) is 1. The van der Waals surface area contributed by atoms with Crippen LogP contribution in [0, 0.1) is 19.7 Å². The number of halogens is 1. The molecule has 1 heterocycles. The van der Waals surface area contributed by atoms with Crippen molar-refractivity contribution < 1.29 is 17.9 Å². The van der Waals surface area contributed by atoms with Gasteiger partial charge in [0, 0.05) is 0 Å². The normalized spacial score (nSPS) is 11.6. The Balaban J connectivity index is 2.43. The molecule has 2 aromatic rings. The molecule has 0 saturated carbocycles. The number of nitrogens with one attached hydrogen (secondary N) is 2. The van der Waals surface area contributed by atoms with Crippen molar-refractivity contribution in [2.24, 2.45) is 0 Å². The Hall–Kier alpha value is -1.93. The van der Waals surface area contributed by atoms with Gasteiger partial charge in [0.15, 0.2) is 0 Å². The van der Waals surface area contributed by atoms with E-state index in [-0.39, 0.29) is 16.3 Å². The van der Waals surface area contributed by atoms with Crippen molar-refractivity contribution in [3.8, 4) is 0 Å². The second kappa shape index (κ2) is 5.22. The summed E-state index contributed by atoms with van der Waals surface area (Å²) in [6.07, 6.45) is 0. The summed E-state index contributed by atoms with van der Waals surface area (Å²) in [5.41, 5.74) is 1.09. The number of anilines is 1. The Morgan fingerprint density at radius 1 is 1.40 bits per heavy atom. The predicted octanol–water partition coefficient (Wildman–Crippen LogP) is 1.46. The molecule has 0 atom stereocenters. The number of sulfonamides is 1. The van der Waals surface area contributed by atoms with Gasteiger partial charge in [-0.2, -0.15) is 5.10 Å². The van der Waals surface area contributed by atoms with Gasteiger partial charge in [-0.25, -0.2) is 12.8 Å². The van der Waals surface area contributed by atoms with Gasteiger partial charge in [-0.3, -0.25) is 9.82 Å². The summed E-state index contributed by atoms with van der Waals surface area (Å²) >= 11 is 0. The number of aliphatic hydroxyl groups excluding tert-OH is 1. The van der Waals surface area contributed by atoms with Crippen LogP contribution in [0.25, 0.3) is 0 Å². The molecule has 1 aromatic heterocycles. The van der Waals surface area contributed by atoms with Crippen LogP contribution in [0.3, 0.4) is 0 Å². The maximum Gasteiger partial charge on any atom is 0.265 e. The Kier molecular flexibility index (Phi) is 3.78. The summed E-state index contributed by atoms with van der Waals surface area (Å²) < 4.78 is 40.0. The molecule has 3 N–H and O–H groups in total. The van der Waals surface area contributed by atoms with Crippen LogP contribution < -0.4 is 4.72 Å². The standard InChI is InChI=1S/C12H14FN3O3S/c1-7-5-9(13)3-4-10(7)16-20(18,19)12-8(2)14-15-11(12)6-17/h3-5,16-17H,6H2,1-2H3,(H,14,15). The fourth-order valence-corrected chi connectivity index (χ4v) is 3.36. The quantitative estimate of drug-likeness (QED) is 0.796. The minimum absolute atomic E-state index is 0.0368. The van der Waals surface area contributed by atoms with Gasteiger partial charge in [-0.05, 0) is 37.6 Å². The molecule has 0 aliphatic carbocycles. The van der Waals surface area contributed by atoms with Gasteiger partial charge in [0.1, 0.15) is 16.4 Å². The van der Waals surface area contributed by atoms with Gasteiger partial charge >= 0.3 is 0 Å². The molecule has 20 heavy (non-hydrogen) atoms. The summed E-state index contributed by atoms with van der Waals surface area (Å²) in [5, 5.41) is 15.4. The molecule has 0 radical (unpaired) electrons. The maximum absolute atomic E-state index is 13.0. The highest BCUT2D eigenvalue weighted by molar-refractivity contribution is 7.92. The second-order valence-corrected chi connectivity index (χ2v) is 5.97. The summed E-state index contributed by atoms with van der Waals surface area (Å²) in [7, 11) is -3.90. The number of hydrogen-bond acceptors (Lipinski definition) is 4. The number of rotatable bonds is 4. The Morgan fingerprint density at radius 3 is 2.70 bits per heavy atom. The molecular weight excluding hydrogens is 285 g/mol. The van der Waals surface area contributed by atoms with E-state index < -0.39 is 22.4 Å². The molecule has 0 aliphatic heterocycles. The van der Waals surface area contributed by atoms with Gasteiger partial charge in [-0.15, -0.1) is 0 Å². The smallest absolute Gasteiger partial charge is 0.265 e. The molecule has 108 valence electrons. The van der Waals surface area contributed by atoms with E-state index in [2.05, 4.69) is 14.9 Å². The third-order valence-corrected chi connectivity index (χ3v) is 4.38. The van der Waals surface area contributed by atoms with Crippen LogP contribution in [-0.2, 0) is 16.6 Å². The van der Waals surface area contributed by atoms with Crippen LogP contribution in [-0.4, -0.2) is 23.7 Å². The van der Waals surface area contributed by atoms with E-state index in [9.17, 15) is 12.8 Å². The van der Waals surface area contributed by atoms with Gasteiger partial charge in [0.05, 0.1) is 18.0 Å². The van der Waals surface area contributed by atoms with Crippen LogP contribution in [0.2, 0.25) is 0 Å². The van der Waals surface area contributed by atoms with E-state index >= 15 is 0 Å². The maximum atomic E-state index is 13.0. The van der Waals surface area contributed by atoms with Crippen molar-refractivity contribution in [3.05, 3.63) is 41.0 Å². The first-order chi connectivity index (χ1) is 9.35. The molecule has 0 fully saturated rings. The molecule has 1 aromatic carbocycles. The lowest BCUT2D eigenvalue weighted by Gasteiger charge is -2.11. The van der Waals surface area contributed by atoms with Crippen molar-refractivity contribution in [1.82, 2.24) is 10.2 Å². The van der Waals surface area contributed by atoms with Crippen LogP contribution in [0.4, 0.5) is 10.1 Å². The summed E-state index contributed by atoms with van der Waals surface area (Å²) in [6.45, 7) is 2.64. The Morgan fingerprint density at radius 2 is 2.10 bits per heavy atom. The molecule has 0 spiro atoms. The van der Waals surface area contributed by atoms with E-state index in [1.807, 2.05) is 0 Å². The van der Waals surface area contributed by atoms with Gasteiger partial charge in [0.25, 0.3) is 10.0 Å². The molecule has 0 aliphatic rings. The highest BCUT2D eigenvalue weighted by atomic mass is 32.2. The number of aryl methyl sites for hydroxylation is 2. The summed E-state index contributed by atoms with van der Waals surface area (Å²) in [4.78, 5) is -0.0938. The molecule has 0 bridgehead atoms. The van der Waals surface area contributed by atoms with E-state index in [1.165, 1.54) is 25.1 Å². The molecule has 0 amide bonds. The Labute approximate surface area is 115 Å². The van der Waals surface area contributed by atoms with Gasteiger partial charge < -0.3 is 5.11 Å². The van der Waals surface area contributed by atoms with E-state index in [0.29, 0.717) is 11.3 Å². The lowest BCUT2D eigenvalue weighted by molar-refractivity contribution is 0.273. The molecule has 2 rings (SSSR count). The monoisotopic (exact) mass is 299 g/mol. The third kappa shape index (κ3) is 2.66. The summed E-state index contributed by atoms with van der Waals surface area (Å²) in [5.74, 6) is -0.444. The fourth-order valence-electron chi connectivity index (χ4n) is 1.87. The van der Waals surface area contributed by atoms with Crippen LogP contribution in [0.1, 0.15) is 17.0 Å². The first kappa shape index (κ1) is 14.5. The Bertz CT molecular complexity index is 740. The lowest BCUT2D eigenvalue weighted by Crippen LogP contribution is -2.16. The van der Waals surface area contributed by atoms with Gasteiger partial charge in [-0.1, -0.05) is 0 Å². The van der Waals surface area contributed by atoms with E-state index in [4.69, 9.17) is 5.11 Å².